The van der Waals surface area contributed by atoms with Gasteiger partial charge < -0.3 is 25.2 Å². The van der Waals surface area contributed by atoms with Gasteiger partial charge in [0.15, 0.2) is 0 Å². The Morgan fingerprint density at radius 2 is 1.68 bits per heavy atom. The summed E-state index contributed by atoms with van der Waals surface area (Å²) in [6, 6.07) is 11.2. The van der Waals surface area contributed by atoms with Crippen molar-refractivity contribution < 1.29 is 37.3 Å². The van der Waals surface area contributed by atoms with Crippen molar-refractivity contribution in [2.45, 2.75) is 25.6 Å². The third-order valence-corrected chi connectivity index (χ3v) is 4.92. The van der Waals surface area contributed by atoms with Gasteiger partial charge >= 0.3 is 6.36 Å². The van der Waals surface area contributed by atoms with Crippen molar-refractivity contribution in [3.05, 3.63) is 65.4 Å². The lowest BCUT2D eigenvalue weighted by Crippen LogP contribution is -2.36. The number of carbonyl (C=O) groups excluding carboxylic acids is 2. The summed E-state index contributed by atoms with van der Waals surface area (Å²) in [6.45, 7) is 0.261. The van der Waals surface area contributed by atoms with E-state index in [0.717, 1.165) is 24.5 Å². The van der Waals surface area contributed by atoms with Gasteiger partial charge in [-0.3, -0.25) is 9.59 Å². The number of carbonyl (C=O) groups is 2. The number of hydrogen-bond donors (Lipinski definition) is 3. The van der Waals surface area contributed by atoms with E-state index in [1.165, 1.54) is 31.1 Å². The molecule has 0 unspecified atom stereocenters. The molecule has 1 saturated carbocycles. The Morgan fingerprint density at radius 3 is 2.26 bits per heavy atom. The average molecular weight is 478 g/mol. The molecular weight excluding hydrogens is 453 g/mol. The van der Waals surface area contributed by atoms with Crippen LogP contribution in [0.4, 0.5) is 13.2 Å². The predicted octanol–water partition coefficient (Wildman–Crippen LogP) is 3.64. The number of halogens is 3. The minimum Gasteiger partial charge on any atom is -0.494 e. The maximum absolute atomic E-state index is 12.7. The second-order valence-corrected chi connectivity index (χ2v) is 7.71. The predicted molar refractivity (Wildman–Crippen MR) is 118 cm³/mol. The fraction of sp³-hybridized carbons (Fsp3) is 0.333. The van der Waals surface area contributed by atoms with Crippen LogP contribution in [-0.4, -0.2) is 43.0 Å². The molecule has 34 heavy (non-hydrogen) atoms. The van der Waals surface area contributed by atoms with Crippen molar-refractivity contribution >= 4 is 17.9 Å². The number of ether oxygens (including phenoxy) is 2. The maximum Gasteiger partial charge on any atom is 0.573 e. The fourth-order valence-corrected chi connectivity index (χ4v) is 3.00. The molecule has 182 valence electrons. The molecule has 0 spiro atoms. The third-order valence-electron chi connectivity index (χ3n) is 4.92. The Labute approximate surface area is 194 Å². The first-order valence-electron chi connectivity index (χ1n) is 10.7. The van der Waals surface area contributed by atoms with Crippen molar-refractivity contribution in [3.8, 4) is 11.5 Å². The number of benzene rings is 2. The molecule has 0 radical (unpaired) electrons. The maximum atomic E-state index is 12.7. The Balaban J connectivity index is 1.68. The number of alkyl halides is 3. The van der Waals surface area contributed by atoms with E-state index in [0.29, 0.717) is 17.9 Å². The average Bonchev–Trinajstić information content (AvgIpc) is 3.62. The number of aliphatic hydroxyl groups excluding tert-OH is 1. The Morgan fingerprint density at radius 1 is 1.03 bits per heavy atom. The van der Waals surface area contributed by atoms with Crippen molar-refractivity contribution in [2.75, 3.05) is 19.8 Å². The topological polar surface area (TPSA) is 96.9 Å². The molecule has 1 fully saturated rings. The van der Waals surface area contributed by atoms with Gasteiger partial charge in [-0.15, -0.1) is 13.2 Å². The zero-order valence-corrected chi connectivity index (χ0v) is 18.2. The second kappa shape index (κ2) is 11.6. The minimum atomic E-state index is -4.82. The zero-order valence-electron chi connectivity index (χ0n) is 18.2. The van der Waals surface area contributed by atoms with E-state index in [1.54, 1.807) is 24.3 Å². The molecule has 7 nitrogen and oxygen atoms in total. The van der Waals surface area contributed by atoms with Crippen molar-refractivity contribution in [1.29, 1.82) is 0 Å². The molecule has 0 bridgehead atoms. The van der Waals surface area contributed by atoms with Crippen LogP contribution < -0.4 is 20.1 Å². The fourth-order valence-electron chi connectivity index (χ4n) is 3.00. The van der Waals surface area contributed by atoms with E-state index < -0.39 is 23.9 Å². The first-order chi connectivity index (χ1) is 16.2. The van der Waals surface area contributed by atoms with Crippen molar-refractivity contribution in [3.63, 3.8) is 0 Å². The zero-order chi connectivity index (χ0) is 24.6. The summed E-state index contributed by atoms with van der Waals surface area (Å²) in [5.41, 5.74) is 0.486. The van der Waals surface area contributed by atoms with Crippen LogP contribution in [0.2, 0.25) is 0 Å². The number of amides is 2. The Hall–Kier alpha value is -3.53. The molecule has 2 amide bonds. The molecular formula is C24H25F3N2O5. The molecule has 0 aliphatic heterocycles. The van der Waals surface area contributed by atoms with Gasteiger partial charge in [0.25, 0.3) is 11.8 Å². The van der Waals surface area contributed by atoms with Crippen LogP contribution in [-0.2, 0) is 4.79 Å². The number of hydrogen-bond acceptors (Lipinski definition) is 5. The summed E-state index contributed by atoms with van der Waals surface area (Å²) in [5.74, 6) is -0.264. The molecule has 3 N–H and O–H groups in total. The molecule has 2 aromatic carbocycles. The van der Waals surface area contributed by atoms with Gasteiger partial charge in [-0.25, -0.2) is 0 Å². The van der Waals surface area contributed by atoms with Crippen LogP contribution >= 0.6 is 0 Å². The van der Waals surface area contributed by atoms with Gasteiger partial charge in [0.1, 0.15) is 17.2 Å². The first kappa shape index (κ1) is 25.1. The van der Waals surface area contributed by atoms with Gasteiger partial charge in [0.05, 0.1) is 13.2 Å². The lowest BCUT2D eigenvalue weighted by atomic mass is 10.1. The molecule has 0 aromatic heterocycles. The van der Waals surface area contributed by atoms with E-state index in [1.807, 2.05) is 0 Å². The molecule has 0 heterocycles. The number of rotatable bonds is 11. The van der Waals surface area contributed by atoms with Crippen molar-refractivity contribution in [1.82, 2.24) is 10.6 Å². The standard InChI is InChI=1S/C24H25F3N2O5/c25-24(26,27)34-20-7-3-17(4-8-20)15-21(23(32)28-12-13-30)29-22(31)18-5-9-19(10-6-18)33-14-11-16-1-2-16/h3-10,15-16,30H,1-2,11-14H2,(H,28,32)(H,29,31). The highest BCUT2D eigenvalue weighted by Crippen LogP contribution is 2.32. The van der Waals surface area contributed by atoms with Gasteiger partial charge in [-0.2, -0.15) is 0 Å². The molecule has 1 aliphatic carbocycles. The first-order valence-corrected chi connectivity index (χ1v) is 10.7. The van der Waals surface area contributed by atoms with E-state index in [2.05, 4.69) is 15.4 Å². The monoisotopic (exact) mass is 478 g/mol. The number of nitrogens with one attached hydrogen (secondary N) is 2. The highest BCUT2D eigenvalue weighted by molar-refractivity contribution is 6.05. The minimum absolute atomic E-state index is 0.0443. The third kappa shape index (κ3) is 8.43. The summed E-state index contributed by atoms with van der Waals surface area (Å²) in [6.07, 6.45) is -0.0240. The van der Waals surface area contributed by atoms with E-state index >= 15 is 0 Å². The molecule has 10 heteroatoms. The lowest BCUT2D eigenvalue weighted by molar-refractivity contribution is -0.274. The molecule has 1 aliphatic rings. The van der Waals surface area contributed by atoms with Crippen LogP contribution in [0.5, 0.6) is 11.5 Å². The molecule has 3 rings (SSSR count). The summed E-state index contributed by atoms with van der Waals surface area (Å²) in [5, 5.41) is 13.9. The highest BCUT2D eigenvalue weighted by Gasteiger charge is 2.31. The lowest BCUT2D eigenvalue weighted by Gasteiger charge is -2.12. The number of aliphatic hydroxyl groups is 1. The molecule has 0 atom stereocenters. The Bertz CT molecular complexity index is 1000. The largest absolute Gasteiger partial charge is 0.573 e. The van der Waals surface area contributed by atoms with E-state index in [-0.39, 0.29) is 24.4 Å². The second-order valence-electron chi connectivity index (χ2n) is 7.71. The van der Waals surface area contributed by atoms with Crippen LogP contribution in [0.25, 0.3) is 6.08 Å². The normalized spacial score (nSPS) is 13.8. The van der Waals surface area contributed by atoms with Gasteiger partial charge in [-0.1, -0.05) is 25.0 Å². The van der Waals surface area contributed by atoms with Gasteiger partial charge in [0.2, 0.25) is 0 Å². The van der Waals surface area contributed by atoms with Crippen LogP contribution in [0.1, 0.15) is 35.2 Å². The smallest absolute Gasteiger partial charge is 0.494 e. The van der Waals surface area contributed by atoms with Crippen molar-refractivity contribution in [2.24, 2.45) is 5.92 Å². The summed E-state index contributed by atoms with van der Waals surface area (Å²) < 4.78 is 46.5. The summed E-state index contributed by atoms with van der Waals surface area (Å²) in [7, 11) is 0. The molecule has 0 saturated heterocycles. The Kier molecular flexibility index (Phi) is 8.53. The van der Waals surface area contributed by atoms with E-state index in [9.17, 15) is 22.8 Å². The molecule has 2 aromatic rings. The highest BCUT2D eigenvalue weighted by atomic mass is 19.4. The van der Waals surface area contributed by atoms with Gasteiger partial charge in [-0.05, 0) is 60.4 Å². The quantitative estimate of drug-likeness (QED) is 0.429. The van der Waals surface area contributed by atoms with Gasteiger partial charge in [0, 0.05) is 12.1 Å². The summed E-state index contributed by atoms with van der Waals surface area (Å²) in [4.78, 5) is 25.2. The van der Waals surface area contributed by atoms with Crippen LogP contribution in [0, 0.1) is 5.92 Å². The van der Waals surface area contributed by atoms with E-state index in [4.69, 9.17) is 9.84 Å². The van der Waals surface area contributed by atoms with Crippen LogP contribution in [0.15, 0.2) is 54.2 Å². The summed E-state index contributed by atoms with van der Waals surface area (Å²) >= 11 is 0. The van der Waals surface area contributed by atoms with Crippen LogP contribution in [0.3, 0.4) is 0 Å². The SMILES string of the molecule is O=C(NCCO)C(=Cc1ccc(OC(F)(F)F)cc1)NC(=O)c1ccc(OCCC2CC2)cc1.